The van der Waals surface area contributed by atoms with E-state index in [1.807, 2.05) is 48.5 Å². The number of oxazole rings is 1. The fourth-order valence-corrected chi connectivity index (χ4v) is 4.33. The van der Waals surface area contributed by atoms with Crippen LogP contribution < -0.4 is 0 Å². The average Bonchev–Trinajstić information content (AvgIpc) is 3.56. The summed E-state index contributed by atoms with van der Waals surface area (Å²) >= 11 is 0. The molecule has 0 saturated heterocycles. The molecule has 0 aliphatic rings. The largest absolute Gasteiger partial charge is 0.445 e. The first-order valence-corrected chi connectivity index (χ1v) is 12.6. The van der Waals surface area contributed by atoms with Gasteiger partial charge in [0.05, 0.1) is 0 Å². The van der Waals surface area contributed by atoms with Crippen molar-refractivity contribution in [2.75, 3.05) is 0 Å². The van der Waals surface area contributed by atoms with Gasteiger partial charge in [-0.25, -0.2) is 4.98 Å². The van der Waals surface area contributed by atoms with Gasteiger partial charge in [0.25, 0.3) is 0 Å². The molecule has 5 heteroatoms. The van der Waals surface area contributed by atoms with Crippen LogP contribution in [-0.2, 0) is 20.1 Å². The fraction of sp³-hybridized carbons (Fsp3) is 0.108. The molecule has 0 aliphatic carbocycles. The average molecular weight is 736 g/mol. The van der Waals surface area contributed by atoms with Gasteiger partial charge < -0.3 is 14.4 Å². The monoisotopic (exact) mass is 736 g/mol. The van der Waals surface area contributed by atoms with Gasteiger partial charge in [0.2, 0.25) is 5.89 Å². The standard InChI is InChI=1S/C24H17N2O.C13H12N.Ir/c1-15-13-21(25-14-16(15)2)19-10-6-9-17-11-12-20-23(22(17)19)27-24(26-20)18-7-4-3-5-8-18;1-10-3-6-12(7-4-10)13-8-5-11(2)9-14-13;/h3-9,11-14H,1-2H3;3-6,8-9H,1-2H3;/q2*-1;/i2*1D3,2D3;. The first-order valence-electron chi connectivity index (χ1n) is 18.6. The summed E-state index contributed by atoms with van der Waals surface area (Å²) < 4.78 is 96.5. The first kappa shape index (κ1) is 17.5. The van der Waals surface area contributed by atoms with E-state index in [1.54, 1.807) is 18.2 Å². The Hall–Kier alpha value is -4.44. The zero-order chi connectivity index (χ0) is 38.3. The van der Waals surface area contributed by atoms with Gasteiger partial charge in [-0.3, -0.25) is 0 Å². The Kier molecular flexibility index (Phi) is 5.25. The molecule has 0 atom stereocenters. The van der Waals surface area contributed by atoms with Gasteiger partial charge in [-0.2, -0.15) is 0 Å². The second-order valence-electron chi connectivity index (χ2n) is 9.15. The van der Waals surface area contributed by atoms with Crippen LogP contribution in [0.5, 0.6) is 0 Å². The maximum Gasteiger partial charge on any atom is 0.226 e. The SMILES string of the molecule is [2H]C([2H])([2H])c1c[c-]c(-c2ccc(C([2H])([2H])[2H])cn2)cc1.[2H]C([2H])([2H])c1cnc(-c2[c-]ccc3ccc4nc(-c5ccccc5)oc4c23)cc1C([2H])([2H])[2H].[Ir]. The number of benzene rings is 4. The second kappa shape index (κ2) is 12.6. The molecule has 3 aromatic heterocycles. The number of rotatable bonds is 3. The molecule has 1 radical (unpaired) electrons. The molecule has 0 aliphatic heterocycles. The summed E-state index contributed by atoms with van der Waals surface area (Å²) in [4.78, 5) is 13.0. The van der Waals surface area contributed by atoms with Gasteiger partial charge in [-0.15, -0.1) is 59.2 Å². The molecular formula is C37H29IrN3O-2. The number of aryl methyl sites for hydroxylation is 4. The van der Waals surface area contributed by atoms with Crippen LogP contribution in [0.2, 0.25) is 0 Å². The minimum atomic E-state index is -2.62. The Morgan fingerprint density at radius 2 is 1.57 bits per heavy atom. The predicted molar refractivity (Wildman–Crippen MR) is 166 cm³/mol. The summed E-state index contributed by atoms with van der Waals surface area (Å²) in [7, 11) is 0. The van der Waals surface area contributed by atoms with Crippen molar-refractivity contribution in [2.45, 2.75) is 27.4 Å². The number of pyridine rings is 2. The van der Waals surface area contributed by atoms with Crippen molar-refractivity contribution in [3.05, 3.63) is 138 Å². The van der Waals surface area contributed by atoms with E-state index in [1.165, 1.54) is 30.5 Å². The van der Waals surface area contributed by atoms with Crippen LogP contribution in [-0.4, -0.2) is 15.0 Å². The topological polar surface area (TPSA) is 51.8 Å². The van der Waals surface area contributed by atoms with Crippen LogP contribution in [0, 0.1) is 39.5 Å². The molecule has 0 amide bonds. The minimum Gasteiger partial charge on any atom is -0.445 e. The third-order valence-corrected chi connectivity index (χ3v) is 6.36. The van der Waals surface area contributed by atoms with Crippen molar-refractivity contribution < 1.29 is 41.0 Å². The molecule has 7 rings (SSSR count). The molecule has 209 valence electrons. The number of aromatic nitrogens is 3. The predicted octanol–water partition coefficient (Wildman–Crippen LogP) is 9.29. The number of hydrogen-bond donors (Lipinski definition) is 0. The number of nitrogens with zero attached hydrogens (tertiary/aromatic N) is 3. The second-order valence-corrected chi connectivity index (χ2v) is 9.15. The Bertz CT molecular complexity index is 2330. The normalized spacial score (nSPS) is 16.1. The molecule has 0 N–H and O–H groups in total. The molecule has 4 nitrogen and oxygen atoms in total. The molecule has 0 spiro atoms. The summed E-state index contributed by atoms with van der Waals surface area (Å²) in [6, 6.07) is 31.7. The van der Waals surface area contributed by atoms with E-state index >= 15 is 0 Å². The van der Waals surface area contributed by atoms with E-state index in [0.29, 0.717) is 44.9 Å². The van der Waals surface area contributed by atoms with Crippen molar-refractivity contribution in [1.82, 2.24) is 15.0 Å². The fourth-order valence-electron chi connectivity index (χ4n) is 4.33. The maximum atomic E-state index is 7.86. The third-order valence-electron chi connectivity index (χ3n) is 6.36. The van der Waals surface area contributed by atoms with E-state index in [2.05, 4.69) is 27.1 Å². The summed E-state index contributed by atoms with van der Waals surface area (Å²) in [5, 5.41) is 1.51. The van der Waals surface area contributed by atoms with E-state index < -0.39 is 27.4 Å². The van der Waals surface area contributed by atoms with Gasteiger partial charge in [0.1, 0.15) is 11.1 Å². The van der Waals surface area contributed by atoms with Gasteiger partial charge in [0, 0.05) is 54.5 Å². The summed E-state index contributed by atoms with van der Waals surface area (Å²) in [5.41, 5.74) is 3.79. The van der Waals surface area contributed by atoms with Crippen LogP contribution in [0.3, 0.4) is 0 Å². The van der Waals surface area contributed by atoms with Crippen LogP contribution in [0.4, 0.5) is 0 Å². The van der Waals surface area contributed by atoms with Crippen LogP contribution in [0.15, 0.2) is 108 Å². The van der Waals surface area contributed by atoms with E-state index in [0.717, 1.165) is 17.1 Å². The van der Waals surface area contributed by atoms with E-state index in [9.17, 15) is 0 Å². The zero-order valence-corrected chi connectivity index (χ0v) is 24.3. The van der Waals surface area contributed by atoms with Crippen LogP contribution >= 0.6 is 0 Å². The quantitative estimate of drug-likeness (QED) is 0.170. The van der Waals surface area contributed by atoms with Crippen molar-refractivity contribution >= 4 is 21.9 Å². The van der Waals surface area contributed by atoms with Crippen molar-refractivity contribution in [3.63, 3.8) is 0 Å². The minimum absolute atomic E-state index is 0. The molecule has 42 heavy (non-hydrogen) atoms. The zero-order valence-electron chi connectivity index (χ0n) is 33.9. The molecular weight excluding hydrogens is 695 g/mol. The molecule has 0 bridgehead atoms. The molecule has 3 heterocycles. The van der Waals surface area contributed by atoms with Crippen molar-refractivity contribution in [3.8, 4) is 34.0 Å². The van der Waals surface area contributed by atoms with Gasteiger partial charge in [0.15, 0.2) is 0 Å². The van der Waals surface area contributed by atoms with Crippen LogP contribution in [0.25, 0.3) is 55.8 Å². The van der Waals surface area contributed by atoms with Gasteiger partial charge >= 0.3 is 0 Å². The molecule has 4 aromatic carbocycles. The summed E-state index contributed by atoms with van der Waals surface area (Å²) in [6.07, 6.45) is 2.42. The summed E-state index contributed by atoms with van der Waals surface area (Å²) in [6.45, 7) is -9.55. The Labute approximate surface area is 276 Å². The first-order chi connectivity index (χ1) is 24.8. The summed E-state index contributed by atoms with van der Waals surface area (Å²) in [5.74, 6) is 0.460. The Balaban J connectivity index is 0.000000230. The smallest absolute Gasteiger partial charge is 0.226 e. The maximum absolute atomic E-state index is 7.86. The van der Waals surface area contributed by atoms with Gasteiger partial charge in [-0.05, 0) is 61.3 Å². The molecule has 0 saturated carbocycles. The third kappa shape index (κ3) is 6.08. The molecule has 0 fully saturated rings. The molecule has 0 unspecified atom stereocenters. The Morgan fingerprint density at radius 3 is 2.31 bits per heavy atom. The van der Waals surface area contributed by atoms with Crippen molar-refractivity contribution in [1.29, 1.82) is 0 Å². The van der Waals surface area contributed by atoms with Gasteiger partial charge in [-0.1, -0.05) is 65.7 Å². The van der Waals surface area contributed by atoms with E-state index in [-0.39, 0.29) is 42.4 Å². The molecule has 7 aromatic rings. The van der Waals surface area contributed by atoms with E-state index in [4.69, 9.17) is 20.9 Å². The Morgan fingerprint density at radius 1 is 0.738 bits per heavy atom. The van der Waals surface area contributed by atoms with Crippen LogP contribution in [0.1, 0.15) is 38.7 Å². The number of hydrogen-bond acceptors (Lipinski definition) is 4. The number of fused-ring (bicyclic) bond motifs is 3. The van der Waals surface area contributed by atoms with Crippen molar-refractivity contribution in [2.24, 2.45) is 0 Å².